The van der Waals surface area contributed by atoms with Crippen LogP contribution in [0, 0.1) is 16.0 Å². The summed E-state index contributed by atoms with van der Waals surface area (Å²) in [4.78, 5) is 23.1. The highest BCUT2D eigenvalue weighted by Gasteiger charge is 2.76. The average Bonchev–Trinajstić information content (AvgIpc) is 2.80. The molecule has 1 saturated heterocycles. The highest BCUT2D eigenvalue weighted by molar-refractivity contribution is 5.51. The minimum absolute atomic E-state index is 0.110. The number of carbonyl (C=O) groups excluding carboxylic acids is 1. The first-order valence-corrected chi connectivity index (χ1v) is 5.02. The van der Waals surface area contributed by atoms with Crippen LogP contribution in [0.4, 0.5) is 0 Å². The molecule has 0 aromatic heterocycles. The molecular weight excluding hydrogens is 184 g/mol. The lowest BCUT2D eigenvalue weighted by Gasteiger charge is -2.23. The van der Waals surface area contributed by atoms with Crippen molar-refractivity contribution in [1.29, 1.82) is 0 Å². The van der Waals surface area contributed by atoms with E-state index in [0.717, 1.165) is 19.3 Å². The third-order valence-electron chi connectivity index (χ3n) is 3.57. The Morgan fingerprint density at radius 1 is 1.71 bits per heavy atom. The molecule has 5 nitrogen and oxygen atoms in total. The molecule has 2 fully saturated rings. The third-order valence-corrected chi connectivity index (χ3v) is 3.57. The highest BCUT2D eigenvalue weighted by atomic mass is 16.6. The van der Waals surface area contributed by atoms with Gasteiger partial charge in [0.25, 0.3) is 0 Å². The standard InChI is InChI=1S/C9H14N2O3/c1-2-3-8-9(11(13)14)4-7(9)5-10(8)6-12/h6-8H,2-5H2,1H3/t7-,8+,9+/m1/s1. The zero-order valence-electron chi connectivity index (χ0n) is 8.18. The maximum atomic E-state index is 11.0. The van der Waals surface area contributed by atoms with E-state index in [0.29, 0.717) is 13.0 Å². The van der Waals surface area contributed by atoms with E-state index in [1.54, 1.807) is 4.90 Å². The molecule has 1 aliphatic carbocycles. The normalized spacial score (nSPS) is 39.4. The molecule has 0 spiro atoms. The van der Waals surface area contributed by atoms with Crippen molar-refractivity contribution in [2.45, 2.75) is 37.8 Å². The molecular formula is C9H14N2O3. The Hall–Kier alpha value is -1.13. The largest absolute Gasteiger partial charge is 0.334 e. The van der Waals surface area contributed by atoms with Gasteiger partial charge in [-0.3, -0.25) is 14.9 Å². The predicted molar refractivity (Wildman–Crippen MR) is 49.3 cm³/mol. The molecule has 0 radical (unpaired) electrons. The summed E-state index contributed by atoms with van der Waals surface area (Å²) < 4.78 is 0. The number of piperidine rings is 1. The van der Waals surface area contributed by atoms with Crippen LogP contribution in [0.25, 0.3) is 0 Å². The molecule has 1 saturated carbocycles. The summed E-state index contributed by atoms with van der Waals surface area (Å²) in [6.07, 6.45) is 3.06. The van der Waals surface area contributed by atoms with Crippen LogP contribution in [-0.4, -0.2) is 34.4 Å². The van der Waals surface area contributed by atoms with Gasteiger partial charge < -0.3 is 4.90 Å². The Morgan fingerprint density at radius 2 is 2.43 bits per heavy atom. The summed E-state index contributed by atoms with van der Waals surface area (Å²) in [5, 5.41) is 11.0. The smallest absolute Gasteiger partial charge is 0.247 e. The Balaban J connectivity index is 2.20. The summed E-state index contributed by atoms with van der Waals surface area (Å²) >= 11 is 0. The lowest BCUT2D eigenvalue weighted by molar-refractivity contribution is -0.545. The fourth-order valence-electron chi connectivity index (χ4n) is 2.79. The Bertz CT molecular complexity index is 281. The van der Waals surface area contributed by atoms with Crippen LogP contribution in [0.3, 0.4) is 0 Å². The van der Waals surface area contributed by atoms with Gasteiger partial charge in [-0.2, -0.15) is 0 Å². The van der Waals surface area contributed by atoms with Crippen molar-refractivity contribution in [3.63, 3.8) is 0 Å². The average molecular weight is 198 g/mol. The first kappa shape index (κ1) is 9.43. The molecule has 78 valence electrons. The summed E-state index contributed by atoms with van der Waals surface area (Å²) in [6, 6.07) is -0.162. The lowest BCUT2D eigenvalue weighted by atomic mass is 10.0. The van der Waals surface area contributed by atoms with E-state index in [1.165, 1.54) is 0 Å². The summed E-state index contributed by atoms with van der Waals surface area (Å²) in [7, 11) is 0. The molecule has 5 heteroatoms. The fourth-order valence-corrected chi connectivity index (χ4v) is 2.79. The maximum absolute atomic E-state index is 11.0. The molecule has 0 unspecified atom stereocenters. The Labute approximate surface area is 82.2 Å². The number of rotatable bonds is 4. The van der Waals surface area contributed by atoms with Gasteiger partial charge >= 0.3 is 0 Å². The number of nitrogens with zero attached hydrogens (tertiary/aromatic N) is 2. The minimum atomic E-state index is -0.781. The molecule has 1 amide bonds. The van der Waals surface area contributed by atoms with Crippen molar-refractivity contribution in [3.05, 3.63) is 10.1 Å². The van der Waals surface area contributed by atoms with Gasteiger partial charge in [-0.05, 0) is 6.42 Å². The van der Waals surface area contributed by atoms with Crippen molar-refractivity contribution in [2.24, 2.45) is 5.92 Å². The first-order chi connectivity index (χ1) is 6.66. The van der Waals surface area contributed by atoms with Crippen LogP contribution in [0.1, 0.15) is 26.2 Å². The molecule has 3 atom stereocenters. The number of amides is 1. The number of likely N-dealkylation sites (tertiary alicyclic amines) is 1. The quantitative estimate of drug-likeness (QED) is 0.378. The maximum Gasteiger partial charge on any atom is 0.247 e. The van der Waals surface area contributed by atoms with Crippen molar-refractivity contribution in [3.8, 4) is 0 Å². The van der Waals surface area contributed by atoms with Gasteiger partial charge in [-0.25, -0.2) is 0 Å². The summed E-state index contributed by atoms with van der Waals surface area (Å²) in [6.45, 7) is 2.57. The Kier molecular flexibility index (Phi) is 1.97. The van der Waals surface area contributed by atoms with Crippen LogP contribution in [0.15, 0.2) is 0 Å². The molecule has 2 aliphatic rings. The summed E-state index contributed by atoms with van der Waals surface area (Å²) in [5.41, 5.74) is -0.781. The molecule has 0 aromatic carbocycles. The van der Waals surface area contributed by atoms with Gasteiger partial charge in [0.05, 0.1) is 5.92 Å². The second kappa shape index (κ2) is 2.93. The number of fused-ring (bicyclic) bond motifs is 1. The zero-order chi connectivity index (χ0) is 10.3. The number of carbonyl (C=O) groups is 1. The van der Waals surface area contributed by atoms with Crippen molar-refractivity contribution in [2.75, 3.05) is 6.54 Å². The number of hydrogen-bond donors (Lipinski definition) is 0. The SMILES string of the molecule is CCC[C@@H]1N(C=O)C[C@H]2C[C@]21[N+](=O)[O-]. The third kappa shape index (κ3) is 0.980. The van der Waals surface area contributed by atoms with E-state index < -0.39 is 5.54 Å². The van der Waals surface area contributed by atoms with E-state index in [-0.39, 0.29) is 16.9 Å². The molecule has 0 aromatic rings. The van der Waals surface area contributed by atoms with E-state index >= 15 is 0 Å². The van der Waals surface area contributed by atoms with Gasteiger partial charge in [0.15, 0.2) is 0 Å². The summed E-state index contributed by atoms with van der Waals surface area (Å²) in [5.74, 6) is 0.110. The van der Waals surface area contributed by atoms with Crippen LogP contribution >= 0.6 is 0 Å². The van der Waals surface area contributed by atoms with Crippen molar-refractivity contribution >= 4 is 6.41 Å². The zero-order valence-corrected chi connectivity index (χ0v) is 8.18. The van der Waals surface area contributed by atoms with Crippen LogP contribution < -0.4 is 0 Å². The predicted octanol–water partition coefficient (Wildman–Crippen LogP) is 0.663. The van der Waals surface area contributed by atoms with Crippen LogP contribution in [0.5, 0.6) is 0 Å². The van der Waals surface area contributed by atoms with E-state index in [1.807, 2.05) is 6.92 Å². The van der Waals surface area contributed by atoms with E-state index in [4.69, 9.17) is 0 Å². The number of hydrogen-bond acceptors (Lipinski definition) is 3. The molecule has 1 aliphatic heterocycles. The van der Waals surface area contributed by atoms with Crippen molar-refractivity contribution < 1.29 is 9.72 Å². The highest BCUT2D eigenvalue weighted by Crippen LogP contribution is 2.56. The van der Waals surface area contributed by atoms with Crippen molar-refractivity contribution in [1.82, 2.24) is 4.90 Å². The van der Waals surface area contributed by atoms with E-state index in [2.05, 4.69) is 0 Å². The number of nitro groups is 1. The molecule has 2 rings (SSSR count). The van der Waals surface area contributed by atoms with Gasteiger partial charge in [-0.1, -0.05) is 13.3 Å². The monoisotopic (exact) mass is 198 g/mol. The minimum Gasteiger partial charge on any atom is -0.334 e. The van der Waals surface area contributed by atoms with Gasteiger partial charge in [-0.15, -0.1) is 0 Å². The topological polar surface area (TPSA) is 63.5 Å². The Morgan fingerprint density at radius 3 is 2.93 bits per heavy atom. The van der Waals surface area contributed by atoms with Crippen LogP contribution in [-0.2, 0) is 4.79 Å². The molecule has 0 N–H and O–H groups in total. The fraction of sp³-hybridized carbons (Fsp3) is 0.889. The second-order valence-electron chi connectivity index (χ2n) is 4.26. The van der Waals surface area contributed by atoms with Gasteiger partial charge in [0.2, 0.25) is 11.9 Å². The van der Waals surface area contributed by atoms with Gasteiger partial charge in [0.1, 0.15) is 6.04 Å². The molecule has 14 heavy (non-hydrogen) atoms. The lowest BCUT2D eigenvalue weighted by Crippen LogP contribution is -2.43. The molecule has 1 heterocycles. The van der Waals surface area contributed by atoms with Crippen LogP contribution in [0.2, 0.25) is 0 Å². The first-order valence-electron chi connectivity index (χ1n) is 5.02. The van der Waals surface area contributed by atoms with Gasteiger partial charge in [0, 0.05) is 17.9 Å². The van der Waals surface area contributed by atoms with E-state index in [9.17, 15) is 14.9 Å². The molecule has 0 bridgehead atoms. The second-order valence-corrected chi connectivity index (χ2v) is 4.26.